The summed E-state index contributed by atoms with van der Waals surface area (Å²) in [5.41, 5.74) is 0.802. The van der Waals surface area contributed by atoms with Gasteiger partial charge in [-0.1, -0.05) is 6.07 Å². The first-order chi connectivity index (χ1) is 7.60. The molecule has 5 nitrogen and oxygen atoms in total. The second kappa shape index (κ2) is 5.74. The van der Waals surface area contributed by atoms with Gasteiger partial charge >= 0.3 is 5.97 Å². The molecule has 1 N–H and O–H groups in total. The van der Waals surface area contributed by atoms with E-state index < -0.39 is 17.0 Å². The third-order valence-corrected chi connectivity index (χ3v) is 2.73. The lowest BCUT2D eigenvalue weighted by Crippen LogP contribution is -2.05. The Kier molecular flexibility index (Phi) is 4.60. The van der Waals surface area contributed by atoms with Gasteiger partial charge in [0.2, 0.25) is 0 Å². The molecule has 1 aromatic rings. The van der Waals surface area contributed by atoms with Gasteiger partial charge in [-0.25, -0.2) is 9.00 Å². The lowest BCUT2D eigenvalue weighted by molar-refractivity contribution is 0.0600. The first kappa shape index (κ1) is 12.8. The number of ether oxygens (including phenoxy) is 2. The summed E-state index contributed by atoms with van der Waals surface area (Å²) in [5.74, 6) is -0.546. The number of carbonyl (C=O) groups excluding carboxylic acids is 1. The van der Waals surface area contributed by atoms with Crippen molar-refractivity contribution >= 4 is 17.0 Å². The van der Waals surface area contributed by atoms with Crippen LogP contribution in [-0.4, -0.2) is 29.0 Å². The number of benzene rings is 1. The lowest BCUT2D eigenvalue weighted by Gasteiger charge is -2.07. The number of carbonyl (C=O) groups is 1. The monoisotopic (exact) mass is 244 g/mol. The summed E-state index contributed by atoms with van der Waals surface area (Å²) in [5, 5.41) is 0. The van der Waals surface area contributed by atoms with E-state index in [-0.39, 0.29) is 17.1 Å². The summed E-state index contributed by atoms with van der Waals surface area (Å²) >= 11 is -2.16. The first-order valence-electron chi connectivity index (χ1n) is 4.41. The SMILES string of the molecule is COCc1ccc(C(=O)OC)cc1S(=O)O. The highest BCUT2D eigenvalue weighted by atomic mass is 32.2. The van der Waals surface area contributed by atoms with Crippen LogP contribution in [0.15, 0.2) is 23.1 Å². The first-order valence-corrected chi connectivity index (χ1v) is 5.52. The molecule has 6 heteroatoms. The zero-order valence-electron chi connectivity index (χ0n) is 8.93. The molecule has 0 aliphatic heterocycles. The second-order valence-electron chi connectivity index (χ2n) is 3.00. The topological polar surface area (TPSA) is 72.8 Å². The maximum Gasteiger partial charge on any atom is 0.337 e. The Hall–Kier alpha value is -1.24. The maximum absolute atomic E-state index is 11.2. The van der Waals surface area contributed by atoms with Gasteiger partial charge in [0.15, 0.2) is 11.1 Å². The molecule has 0 spiro atoms. The fourth-order valence-electron chi connectivity index (χ4n) is 1.24. The molecule has 0 heterocycles. The highest BCUT2D eigenvalue weighted by Gasteiger charge is 2.13. The van der Waals surface area contributed by atoms with Gasteiger partial charge < -0.3 is 14.0 Å². The average Bonchev–Trinajstić information content (AvgIpc) is 2.28. The van der Waals surface area contributed by atoms with E-state index >= 15 is 0 Å². The largest absolute Gasteiger partial charge is 0.465 e. The molecule has 0 radical (unpaired) electrons. The molecule has 0 saturated carbocycles. The van der Waals surface area contributed by atoms with Gasteiger partial charge in [-0.3, -0.25) is 0 Å². The minimum atomic E-state index is -2.16. The van der Waals surface area contributed by atoms with Crippen LogP contribution < -0.4 is 0 Å². The molecule has 16 heavy (non-hydrogen) atoms. The molecule has 0 fully saturated rings. The summed E-state index contributed by atoms with van der Waals surface area (Å²) in [4.78, 5) is 11.4. The van der Waals surface area contributed by atoms with Gasteiger partial charge in [-0.15, -0.1) is 0 Å². The molecule has 0 bridgehead atoms. The van der Waals surface area contributed by atoms with Gasteiger partial charge in [-0.05, 0) is 17.7 Å². The van der Waals surface area contributed by atoms with Crippen LogP contribution in [0.1, 0.15) is 15.9 Å². The summed E-state index contributed by atoms with van der Waals surface area (Å²) in [7, 11) is 2.74. The Morgan fingerprint density at radius 3 is 2.62 bits per heavy atom. The second-order valence-corrected chi connectivity index (χ2v) is 3.93. The van der Waals surface area contributed by atoms with Crippen molar-refractivity contribution in [2.75, 3.05) is 14.2 Å². The molecule has 0 aliphatic carbocycles. The molecular formula is C10H12O5S. The van der Waals surface area contributed by atoms with E-state index in [2.05, 4.69) is 4.74 Å². The van der Waals surface area contributed by atoms with Gasteiger partial charge in [0.25, 0.3) is 0 Å². The van der Waals surface area contributed by atoms with Gasteiger partial charge in [0, 0.05) is 7.11 Å². The number of esters is 1. The predicted octanol–water partition coefficient (Wildman–Crippen LogP) is 1.20. The Bertz CT molecular complexity index is 416. The molecule has 0 amide bonds. The van der Waals surface area contributed by atoms with Crippen molar-refractivity contribution in [1.82, 2.24) is 0 Å². The minimum Gasteiger partial charge on any atom is -0.465 e. The molecule has 0 aromatic heterocycles. The van der Waals surface area contributed by atoms with E-state index in [0.717, 1.165) is 0 Å². The zero-order valence-corrected chi connectivity index (χ0v) is 9.74. The lowest BCUT2D eigenvalue weighted by atomic mass is 10.1. The molecule has 1 rings (SSSR count). The van der Waals surface area contributed by atoms with E-state index in [0.29, 0.717) is 5.56 Å². The van der Waals surface area contributed by atoms with Crippen LogP contribution in [0.2, 0.25) is 0 Å². The Morgan fingerprint density at radius 2 is 2.12 bits per heavy atom. The van der Waals surface area contributed by atoms with Crippen LogP contribution in [-0.2, 0) is 27.2 Å². The van der Waals surface area contributed by atoms with E-state index in [9.17, 15) is 9.00 Å². The third-order valence-electron chi connectivity index (χ3n) is 1.98. The van der Waals surface area contributed by atoms with Gasteiger partial charge in [0.05, 0.1) is 24.2 Å². The van der Waals surface area contributed by atoms with E-state index in [1.165, 1.54) is 26.4 Å². The number of methoxy groups -OCH3 is 2. The highest BCUT2D eigenvalue weighted by molar-refractivity contribution is 7.79. The number of hydrogen-bond acceptors (Lipinski definition) is 4. The Labute approximate surface area is 95.7 Å². The normalized spacial score (nSPS) is 12.2. The van der Waals surface area contributed by atoms with Crippen LogP contribution in [0.3, 0.4) is 0 Å². The Morgan fingerprint density at radius 1 is 1.44 bits per heavy atom. The number of hydrogen-bond donors (Lipinski definition) is 1. The third kappa shape index (κ3) is 2.88. The van der Waals surface area contributed by atoms with Crippen molar-refractivity contribution in [3.63, 3.8) is 0 Å². The summed E-state index contributed by atoms with van der Waals surface area (Å²) in [6.45, 7) is 0.211. The van der Waals surface area contributed by atoms with E-state index in [1.54, 1.807) is 6.07 Å². The fraction of sp³-hybridized carbons (Fsp3) is 0.300. The predicted molar refractivity (Wildman–Crippen MR) is 57.5 cm³/mol. The molecule has 1 atom stereocenters. The van der Waals surface area contributed by atoms with Crippen molar-refractivity contribution in [3.8, 4) is 0 Å². The summed E-state index contributed by atoms with van der Waals surface area (Å²) in [6.07, 6.45) is 0. The standard InChI is InChI=1S/C10H12O5S/c1-14-6-8-4-3-7(10(11)15-2)5-9(8)16(12)13/h3-5H,6H2,1-2H3,(H,12,13). The quantitative estimate of drug-likeness (QED) is 0.636. The molecule has 88 valence electrons. The molecular weight excluding hydrogens is 232 g/mol. The number of rotatable bonds is 4. The van der Waals surface area contributed by atoms with Crippen LogP contribution >= 0.6 is 0 Å². The van der Waals surface area contributed by atoms with Gasteiger partial charge in [-0.2, -0.15) is 0 Å². The summed E-state index contributed by atoms with van der Waals surface area (Å²) in [6, 6.07) is 4.42. The summed E-state index contributed by atoms with van der Waals surface area (Å²) < 4.78 is 29.5. The smallest absolute Gasteiger partial charge is 0.337 e. The molecule has 1 aromatic carbocycles. The van der Waals surface area contributed by atoms with Crippen molar-refractivity contribution < 1.29 is 23.0 Å². The zero-order chi connectivity index (χ0) is 12.1. The van der Waals surface area contributed by atoms with Crippen molar-refractivity contribution in [2.45, 2.75) is 11.5 Å². The molecule has 0 aliphatic rings. The molecule has 0 saturated heterocycles. The van der Waals surface area contributed by atoms with Crippen LogP contribution in [0, 0.1) is 0 Å². The van der Waals surface area contributed by atoms with Crippen LogP contribution in [0.4, 0.5) is 0 Å². The van der Waals surface area contributed by atoms with Crippen LogP contribution in [0.5, 0.6) is 0 Å². The van der Waals surface area contributed by atoms with E-state index in [4.69, 9.17) is 9.29 Å². The highest BCUT2D eigenvalue weighted by Crippen LogP contribution is 2.17. The molecule has 1 unspecified atom stereocenters. The maximum atomic E-state index is 11.2. The van der Waals surface area contributed by atoms with Gasteiger partial charge in [0.1, 0.15) is 0 Å². The van der Waals surface area contributed by atoms with Crippen molar-refractivity contribution in [2.24, 2.45) is 0 Å². The van der Waals surface area contributed by atoms with Crippen molar-refractivity contribution in [3.05, 3.63) is 29.3 Å². The van der Waals surface area contributed by atoms with E-state index in [1.807, 2.05) is 0 Å². The van der Waals surface area contributed by atoms with Crippen molar-refractivity contribution in [1.29, 1.82) is 0 Å². The fourth-order valence-corrected chi connectivity index (χ4v) is 1.82. The average molecular weight is 244 g/mol. The van der Waals surface area contributed by atoms with Crippen LogP contribution in [0.25, 0.3) is 0 Å². The minimum absolute atomic E-state index is 0.157. The Balaban J connectivity index is 3.17.